The van der Waals surface area contributed by atoms with E-state index >= 15 is 0 Å². The Bertz CT molecular complexity index is 641. The highest BCUT2D eigenvalue weighted by Crippen LogP contribution is 2.31. The van der Waals surface area contributed by atoms with E-state index in [9.17, 15) is 0 Å². The highest BCUT2D eigenvalue weighted by atomic mass is 79.9. The van der Waals surface area contributed by atoms with Crippen LogP contribution in [0.4, 0.5) is 0 Å². The minimum absolute atomic E-state index is 0.0138. The van der Waals surface area contributed by atoms with E-state index in [1.165, 1.54) is 9.58 Å². The maximum atomic E-state index is 6.24. The largest absolute Gasteiger partial charge is 0.323 e. The molecule has 3 aromatic rings. The molecule has 0 bridgehead atoms. The zero-order chi connectivity index (χ0) is 12.5. The number of nitrogens with zero attached hydrogens (tertiary/aromatic N) is 1. The Kier molecular flexibility index (Phi) is 3.48. The fraction of sp³-hybridized carbons (Fsp3) is 0.154. The summed E-state index contributed by atoms with van der Waals surface area (Å²) in [6, 6.07) is 10.3. The molecule has 1 atom stereocenters. The number of rotatable bonds is 3. The average Bonchev–Trinajstić information content (AvgIpc) is 2.94. The van der Waals surface area contributed by atoms with Gasteiger partial charge in [-0.05, 0) is 39.5 Å². The smallest absolute Gasteiger partial charge is 0.0957 e. The van der Waals surface area contributed by atoms with Gasteiger partial charge in [0.15, 0.2) is 0 Å². The highest BCUT2D eigenvalue weighted by Gasteiger charge is 2.14. The molecule has 0 aliphatic heterocycles. The number of benzene rings is 1. The third-order valence-corrected chi connectivity index (χ3v) is 5.78. The maximum absolute atomic E-state index is 6.24. The SMILES string of the molecule is NC(Cc1nc2ccccc2s1)c1sccc1Br. The van der Waals surface area contributed by atoms with E-state index in [1.807, 2.05) is 24.3 Å². The van der Waals surface area contributed by atoms with Crippen LogP contribution < -0.4 is 5.73 Å². The Labute approximate surface area is 122 Å². The van der Waals surface area contributed by atoms with Crippen LogP contribution in [0.25, 0.3) is 10.2 Å². The third-order valence-electron chi connectivity index (χ3n) is 2.71. The van der Waals surface area contributed by atoms with Crippen LogP contribution in [0, 0.1) is 0 Å². The van der Waals surface area contributed by atoms with Gasteiger partial charge in [-0.25, -0.2) is 4.98 Å². The van der Waals surface area contributed by atoms with Gasteiger partial charge < -0.3 is 5.73 Å². The lowest BCUT2D eigenvalue weighted by atomic mass is 10.2. The molecule has 1 aromatic carbocycles. The molecule has 2 aromatic heterocycles. The molecule has 18 heavy (non-hydrogen) atoms. The normalized spacial score (nSPS) is 13.0. The number of thiophene rings is 1. The Morgan fingerprint density at radius 2 is 2.11 bits per heavy atom. The van der Waals surface area contributed by atoms with E-state index in [0.29, 0.717) is 0 Å². The molecule has 2 nitrogen and oxygen atoms in total. The summed E-state index contributed by atoms with van der Waals surface area (Å²) < 4.78 is 2.33. The predicted octanol–water partition coefficient (Wildman–Crippen LogP) is 4.36. The monoisotopic (exact) mass is 338 g/mol. The number of thiazole rings is 1. The third kappa shape index (κ3) is 2.36. The Balaban J connectivity index is 1.86. The van der Waals surface area contributed by atoms with Crippen LogP contribution in [0.2, 0.25) is 0 Å². The van der Waals surface area contributed by atoms with Gasteiger partial charge in [-0.2, -0.15) is 0 Å². The second-order valence-corrected chi connectivity index (χ2v) is 6.94. The summed E-state index contributed by atoms with van der Waals surface area (Å²) in [5.74, 6) is 0. The van der Waals surface area contributed by atoms with Crippen LogP contribution in [0.15, 0.2) is 40.2 Å². The molecule has 0 aliphatic rings. The summed E-state index contributed by atoms with van der Waals surface area (Å²) in [6.45, 7) is 0. The first-order valence-corrected chi connectivity index (χ1v) is 8.06. The standard InChI is InChI=1S/C13H11BrN2S2/c14-8-5-6-17-13(8)9(15)7-12-16-10-3-1-2-4-11(10)18-12/h1-6,9H,7,15H2. The molecule has 0 aliphatic carbocycles. The van der Waals surface area contributed by atoms with Gasteiger partial charge >= 0.3 is 0 Å². The van der Waals surface area contributed by atoms with Gasteiger partial charge in [0, 0.05) is 21.8 Å². The molecule has 1 unspecified atom stereocenters. The van der Waals surface area contributed by atoms with Gasteiger partial charge in [-0.15, -0.1) is 22.7 Å². The molecule has 2 heterocycles. The second kappa shape index (κ2) is 5.09. The van der Waals surface area contributed by atoms with Crippen molar-refractivity contribution in [2.45, 2.75) is 12.5 Å². The van der Waals surface area contributed by atoms with Crippen LogP contribution in [0.5, 0.6) is 0 Å². The summed E-state index contributed by atoms with van der Waals surface area (Å²) >= 11 is 6.94. The van der Waals surface area contributed by atoms with E-state index in [1.54, 1.807) is 22.7 Å². The highest BCUT2D eigenvalue weighted by molar-refractivity contribution is 9.10. The van der Waals surface area contributed by atoms with Gasteiger partial charge in [0.2, 0.25) is 0 Å². The minimum atomic E-state index is 0.0138. The first kappa shape index (κ1) is 12.3. The topological polar surface area (TPSA) is 38.9 Å². The van der Waals surface area contributed by atoms with Crippen molar-refractivity contribution >= 4 is 48.8 Å². The fourth-order valence-electron chi connectivity index (χ4n) is 1.86. The van der Waals surface area contributed by atoms with E-state index in [-0.39, 0.29) is 6.04 Å². The second-order valence-electron chi connectivity index (χ2n) is 4.02. The summed E-state index contributed by atoms with van der Waals surface area (Å²) in [7, 11) is 0. The summed E-state index contributed by atoms with van der Waals surface area (Å²) in [5.41, 5.74) is 7.31. The van der Waals surface area contributed by atoms with E-state index in [0.717, 1.165) is 21.4 Å². The van der Waals surface area contributed by atoms with Crippen LogP contribution in [0.3, 0.4) is 0 Å². The van der Waals surface area contributed by atoms with E-state index in [2.05, 4.69) is 32.4 Å². The summed E-state index contributed by atoms with van der Waals surface area (Å²) in [4.78, 5) is 5.81. The number of halogens is 1. The van der Waals surface area contributed by atoms with Crippen molar-refractivity contribution in [1.82, 2.24) is 4.98 Å². The van der Waals surface area contributed by atoms with Crippen LogP contribution in [-0.4, -0.2) is 4.98 Å². The van der Waals surface area contributed by atoms with Crippen molar-refractivity contribution in [2.24, 2.45) is 5.73 Å². The minimum Gasteiger partial charge on any atom is -0.323 e. The van der Waals surface area contributed by atoms with Crippen molar-refractivity contribution in [3.05, 3.63) is 50.1 Å². The van der Waals surface area contributed by atoms with Crippen LogP contribution in [-0.2, 0) is 6.42 Å². The molecule has 5 heteroatoms. The Hall–Kier alpha value is -0.750. The fourth-order valence-corrected chi connectivity index (χ4v) is 4.55. The summed E-state index contributed by atoms with van der Waals surface area (Å²) in [5, 5.41) is 3.15. The number of aromatic nitrogens is 1. The lowest BCUT2D eigenvalue weighted by Crippen LogP contribution is -2.12. The van der Waals surface area contributed by atoms with E-state index < -0.39 is 0 Å². The average molecular weight is 339 g/mol. The van der Waals surface area contributed by atoms with Crippen LogP contribution >= 0.6 is 38.6 Å². The molecular weight excluding hydrogens is 328 g/mol. The number of hydrogen-bond acceptors (Lipinski definition) is 4. The molecule has 0 radical (unpaired) electrons. The Morgan fingerprint density at radius 3 is 2.83 bits per heavy atom. The summed E-state index contributed by atoms with van der Waals surface area (Å²) in [6.07, 6.45) is 0.790. The molecule has 0 saturated carbocycles. The number of hydrogen-bond donors (Lipinski definition) is 1. The van der Waals surface area contributed by atoms with E-state index in [4.69, 9.17) is 5.73 Å². The molecule has 0 spiro atoms. The number of fused-ring (bicyclic) bond motifs is 1. The molecule has 0 saturated heterocycles. The molecule has 92 valence electrons. The van der Waals surface area contributed by atoms with Crippen molar-refractivity contribution in [2.75, 3.05) is 0 Å². The van der Waals surface area contributed by atoms with Gasteiger partial charge in [0.1, 0.15) is 0 Å². The molecule has 2 N–H and O–H groups in total. The van der Waals surface area contributed by atoms with Crippen molar-refractivity contribution < 1.29 is 0 Å². The van der Waals surface area contributed by atoms with Gasteiger partial charge in [0.25, 0.3) is 0 Å². The van der Waals surface area contributed by atoms with Crippen molar-refractivity contribution in [1.29, 1.82) is 0 Å². The van der Waals surface area contributed by atoms with Crippen LogP contribution in [0.1, 0.15) is 15.9 Å². The lowest BCUT2D eigenvalue weighted by Gasteiger charge is -2.07. The molecular formula is C13H11BrN2S2. The maximum Gasteiger partial charge on any atom is 0.0957 e. The molecule has 0 fully saturated rings. The quantitative estimate of drug-likeness (QED) is 0.770. The molecule has 0 amide bonds. The molecule has 3 rings (SSSR count). The van der Waals surface area contributed by atoms with Crippen molar-refractivity contribution in [3.8, 4) is 0 Å². The number of para-hydroxylation sites is 1. The first-order chi connectivity index (χ1) is 8.74. The number of nitrogens with two attached hydrogens (primary N) is 1. The Morgan fingerprint density at radius 1 is 1.28 bits per heavy atom. The zero-order valence-corrected chi connectivity index (χ0v) is 12.7. The van der Waals surface area contributed by atoms with Gasteiger partial charge in [-0.3, -0.25) is 0 Å². The first-order valence-electron chi connectivity index (χ1n) is 5.57. The van der Waals surface area contributed by atoms with Crippen molar-refractivity contribution in [3.63, 3.8) is 0 Å². The lowest BCUT2D eigenvalue weighted by molar-refractivity contribution is 0.730. The van der Waals surface area contributed by atoms with Gasteiger partial charge in [-0.1, -0.05) is 12.1 Å². The zero-order valence-electron chi connectivity index (χ0n) is 9.47. The van der Waals surface area contributed by atoms with Gasteiger partial charge in [0.05, 0.1) is 15.2 Å². The predicted molar refractivity (Wildman–Crippen MR) is 82.3 cm³/mol.